The number of nitrogens with one attached hydrogen (secondary N) is 1. The fourth-order valence-electron chi connectivity index (χ4n) is 1.68. The van der Waals surface area contributed by atoms with Crippen LogP contribution >= 0.6 is 0 Å². The lowest BCUT2D eigenvalue weighted by atomic mass is 10.2. The number of benzene rings is 2. The zero-order chi connectivity index (χ0) is 13.0. The fraction of sp³-hybridized carbons (Fsp3) is 0.143. The van der Waals surface area contributed by atoms with Gasteiger partial charge in [0.05, 0.1) is 7.11 Å². The molecule has 0 atom stereocenters. The molecule has 0 saturated carbocycles. The molecule has 3 nitrogen and oxygen atoms in total. The lowest BCUT2D eigenvalue weighted by molar-refractivity contribution is 0.415. The second-order valence-electron chi connectivity index (χ2n) is 3.91. The zero-order valence-electron chi connectivity index (χ0n) is 10.1. The molecule has 2 aromatic carbocycles. The molecular formula is C14H15FN2O. The van der Waals surface area contributed by atoms with Crippen LogP contribution in [0.1, 0.15) is 5.56 Å². The molecule has 3 N–H and O–H groups in total. The normalized spacial score (nSPS) is 10.2. The largest absolute Gasteiger partial charge is 0.497 e. The summed E-state index contributed by atoms with van der Waals surface area (Å²) in [7, 11) is 1.61. The van der Waals surface area contributed by atoms with Crippen molar-refractivity contribution in [2.45, 2.75) is 6.54 Å². The molecule has 0 aromatic heterocycles. The van der Waals surface area contributed by atoms with E-state index < -0.39 is 0 Å². The third-order valence-corrected chi connectivity index (χ3v) is 2.57. The second-order valence-corrected chi connectivity index (χ2v) is 3.91. The molecule has 4 heteroatoms. The van der Waals surface area contributed by atoms with Crippen LogP contribution in [-0.2, 0) is 6.54 Å². The van der Waals surface area contributed by atoms with Gasteiger partial charge in [-0.15, -0.1) is 0 Å². The minimum absolute atomic E-state index is 0.297. The van der Waals surface area contributed by atoms with Crippen LogP contribution in [0.4, 0.5) is 15.8 Å². The highest BCUT2D eigenvalue weighted by atomic mass is 19.1. The molecule has 0 fully saturated rings. The van der Waals surface area contributed by atoms with Crippen molar-refractivity contribution < 1.29 is 9.13 Å². The molecule has 0 unspecified atom stereocenters. The third-order valence-electron chi connectivity index (χ3n) is 2.57. The first-order valence-electron chi connectivity index (χ1n) is 5.62. The number of halogens is 1. The van der Waals surface area contributed by atoms with Crippen molar-refractivity contribution in [2.75, 3.05) is 12.4 Å². The maximum absolute atomic E-state index is 13.3. The van der Waals surface area contributed by atoms with E-state index in [9.17, 15) is 4.39 Å². The minimum atomic E-state index is -0.297. The van der Waals surface area contributed by atoms with Gasteiger partial charge in [-0.25, -0.2) is 4.39 Å². The van der Waals surface area contributed by atoms with Crippen LogP contribution in [0.2, 0.25) is 0 Å². The van der Waals surface area contributed by atoms with Gasteiger partial charge in [-0.2, -0.15) is 0 Å². The summed E-state index contributed by atoms with van der Waals surface area (Å²) in [6.45, 7) is 0.315. The first-order chi connectivity index (χ1) is 8.71. The van der Waals surface area contributed by atoms with Crippen molar-refractivity contribution in [1.29, 1.82) is 0 Å². The highest BCUT2D eigenvalue weighted by molar-refractivity contribution is 5.61. The Morgan fingerprint density at radius 3 is 2.44 bits per heavy atom. The Balaban J connectivity index is 2.19. The third kappa shape index (κ3) is 2.99. The molecule has 18 heavy (non-hydrogen) atoms. The van der Waals surface area contributed by atoms with Crippen LogP contribution in [0.3, 0.4) is 0 Å². The molecule has 0 aliphatic rings. The Bertz CT molecular complexity index is 526. The minimum Gasteiger partial charge on any atom is -0.497 e. The van der Waals surface area contributed by atoms with Gasteiger partial charge >= 0.3 is 0 Å². The fourth-order valence-corrected chi connectivity index (χ4v) is 1.68. The average molecular weight is 246 g/mol. The molecule has 0 bridgehead atoms. The molecular weight excluding hydrogens is 231 g/mol. The summed E-state index contributed by atoms with van der Waals surface area (Å²) in [6.07, 6.45) is 0. The SMILES string of the molecule is COc1ccc(Nc2cc(F)cc(CN)c2)cc1. The van der Waals surface area contributed by atoms with Gasteiger partial charge in [-0.05, 0) is 48.0 Å². The molecule has 2 aromatic rings. The van der Waals surface area contributed by atoms with Gasteiger partial charge < -0.3 is 15.8 Å². The van der Waals surface area contributed by atoms with Crippen molar-refractivity contribution in [3.05, 3.63) is 53.8 Å². The van der Waals surface area contributed by atoms with E-state index >= 15 is 0 Å². The summed E-state index contributed by atoms with van der Waals surface area (Å²) in [4.78, 5) is 0. The predicted molar refractivity (Wildman–Crippen MR) is 70.6 cm³/mol. The lowest BCUT2D eigenvalue weighted by Gasteiger charge is -2.09. The van der Waals surface area contributed by atoms with Crippen molar-refractivity contribution in [3.63, 3.8) is 0 Å². The molecule has 0 aliphatic heterocycles. The van der Waals surface area contributed by atoms with Gasteiger partial charge in [-0.1, -0.05) is 0 Å². The monoisotopic (exact) mass is 246 g/mol. The number of anilines is 2. The van der Waals surface area contributed by atoms with Crippen molar-refractivity contribution in [3.8, 4) is 5.75 Å². The van der Waals surface area contributed by atoms with Crippen LogP contribution < -0.4 is 15.8 Å². The van der Waals surface area contributed by atoms with Crippen LogP contribution in [0.5, 0.6) is 5.75 Å². The van der Waals surface area contributed by atoms with Crippen molar-refractivity contribution in [1.82, 2.24) is 0 Å². The lowest BCUT2D eigenvalue weighted by Crippen LogP contribution is -1.99. The number of ether oxygens (including phenoxy) is 1. The molecule has 2 rings (SSSR count). The average Bonchev–Trinajstić information content (AvgIpc) is 2.39. The molecule has 0 heterocycles. The van der Waals surface area contributed by atoms with Gasteiger partial charge in [0.15, 0.2) is 0 Å². The zero-order valence-corrected chi connectivity index (χ0v) is 10.1. The summed E-state index contributed by atoms with van der Waals surface area (Å²) in [5.41, 5.74) is 7.81. The van der Waals surface area contributed by atoms with Crippen LogP contribution in [-0.4, -0.2) is 7.11 Å². The maximum Gasteiger partial charge on any atom is 0.125 e. The summed E-state index contributed by atoms with van der Waals surface area (Å²) >= 11 is 0. The molecule has 0 amide bonds. The van der Waals surface area contributed by atoms with Crippen LogP contribution in [0.25, 0.3) is 0 Å². The van der Waals surface area contributed by atoms with Gasteiger partial charge in [0, 0.05) is 17.9 Å². The Kier molecular flexibility index (Phi) is 3.79. The van der Waals surface area contributed by atoms with Gasteiger partial charge in [0.1, 0.15) is 11.6 Å². The Hall–Kier alpha value is -2.07. The Labute approximate surface area is 105 Å². The molecule has 0 saturated heterocycles. The van der Waals surface area contributed by atoms with Crippen LogP contribution in [0, 0.1) is 5.82 Å². The first kappa shape index (κ1) is 12.4. The standard InChI is InChI=1S/C14H15FN2O/c1-18-14-4-2-12(3-5-14)17-13-7-10(9-16)6-11(15)8-13/h2-8,17H,9,16H2,1H3. The van der Waals surface area contributed by atoms with Crippen molar-refractivity contribution >= 4 is 11.4 Å². The van der Waals surface area contributed by atoms with E-state index in [1.165, 1.54) is 12.1 Å². The predicted octanol–water partition coefficient (Wildman–Crippen LogP) is 3.04. The summed E-state index contributed by atoms with van der Waals surface area (Å²) in [5, 5.41) is 3.12. The molecule has 94 valence electrons. The number of hydrogen-bond acceptors (Lipinski definition) is 3. The quantitative estimate of drug-likeness (QED) is 0.871. The summed E-state index contributed by atoms with van der Waals surface area (Å²) in [6, 6.07) is 12.1. The van der Waals surface area contributed by atoms with Crippen molar-refractivity contribution in [2.24, 2.45) is 5.73 Å². The van der Waals surface area contributed by atoms with Crippen LogP contribution in [0.15, 0.2) is 42.5 Å². The van der Waals surface area contributed by atoms with E-state index in [2.05, 4.69) is 5.32 Å². The molecule has 0 spiro atoms. The number of methoxy groups -OCH3 is 1. The number of hydrogen-bond donors (Lipinski definition) is 2. The smallest absolute Gasteiger partial charge is 0.125 e. The first-order valence-corrected chi connectivity index (χ1v) is 5.62. The van der Waals surface area contributed by atoms with E-state index in [-0.39, 0.29) is 5.82 Å². The highest BCUT2D eigenvalue weighted by Gasteiger charge is 2.01. The Morgan fingerprint density at radius 2 is 1.83 bits per heavy atom. The van der Waals surface area contributed by atoms with E-state index in [4.69, 9.17) is 10.5 Å². The summed E-state index contributed by atoms with van der Waals surface area (Å²) in [5.74, 6) is 0.483. The maximum atomic E-state index is 13.3. The topological polar surface area (TPSA) is 47.3 Å². The van der Waals surface area contributed by atoms with Gasteiger partial charge in [-0.3, -0.25) is 0 Å². The highest BCUT2D eigenvalue weighted by Crippen LogP contribution is 2.21. The van der Waals surface area contributed by atoms with Gasteiger partial charge in [0.25, 0.3) is 0 Å². The summed E-state index contributed by atoms with van der Waals surface area (Å²) < 4.78 is 18.4. The second kappa shape index (κ2) is 5.51. The van der Waals surface area contributed by atoms with E-state index in [0.29, 0.717) is 12.2 Å². The Morgan fingerprint density at radius 1 is 1.11 bits per heavy atom. The molecule has 0 radical (unpaired) electrons. The van der Waals surface area contributed by atoms with Gasteiger partial charge in [0.2, 0.25) is 0 Å². The van der Waals surface area contributed by atoms with E-state index in [1.54, 1.807) is 7.11 Å². The number of nitrogens with two attached hydrogens (primary N) is 1. The van der Waals surface area contributed by atoms with E-state index in [0.717, 1.165) is 17.0 Å². The van der Waals surface area contributed by atoms with E-state index in [1.807, 2.05) is 30.3 Å². The molecule has 0 aliphatic carbocycles. The number of rotatable bonds is 4.